The van der Waals surface area contributed by atoms with E-state index in [9.17, 15) is 79.0 Å². The topological polar surface area (TPSA) is 307 Å². The summed E-state index contributed by atoms with van der Waals surface area (Å²) in [5.41, 5.74) is -8.86. The van der Waals surface area contributed by atoms with Crippen LogP contribution in [0.25, 0.3) is 0 Å². The van der Waals surface area contributed by atoms with Gasteiger partial charge in [0.1, 0.15) is 23.0 Å². The third kappa shape index (κ3) is 25.2. The Labute approximate surface area is 611 Å². The Morgan fingerprint density at radius 2 is 0.500 bits per heavy atom. The number of hydrogen-bond donors (Lipinski definition) is 13. The van der Waals surface area contributed by atoms with Crippen molar-refractivity contribution in [1.29, 1.82) is 0 Å². The second-order valence-electron chi connectivity index (χ2n) is 27.7. The summed E-state index contributed by atoms with van der Waals surface area (Å²) < 4.78 is 77.0. The van der Waals surface area contributed by atoms with Crippen molar-refractivity contribution < 1.29 is 92.2 Å². The Morgan fingerprint density at radius 3 is 0.731 bits per heavy atom. The fourth-order valence-corrected chi connectivity index (χ4v) is 13.4. The molecular weight excluding hydrogens is 1350 g/mol. The van der Waals surface area contributed by atoms with Gasteiger partial charge in [-0.1, -0.05) is 250 Å². The molecule has 6 rings (SSSR count). The molecule has 2 aliphatic carbocycles. The molecule has 0 bridgehead atoms. The summed E-state index contributed by atoms with van der Waals surface area (Å²) in [4.78, 5) is 54.5. The van der Waals surface area contributed by atoms with Crippen LogP contribution in [0.1, 0.15) is 316 Å². The van der Waals surface area contributed by atoms with Gasteiger partial charge < -0.3 is 67.0 Å². The van der Waals surface area contributed by atoms with Gasteiger partial charge in [0, 0.05) is 0 Å². The van der Waals surface area contributed by atoms with Crippen LogP contribution >= 0.6 is 0 Å². The van der Waals surface area contributed by atoms with Crippen LogP contribution in [-0.4, -0.2) is 130 Å². The van der Waals surface area contributed by atoms with Gasteiger partial charge in [-0.3, -0.25) is 19.2 Å². The van der Waals surface area contributed by atoms with Crippen LogP contribution in [0, 0.1) is 29.1 Å². The van der Waals surface area contributed by atoms with Gasteiger partial charge in [0.15, 0.2) is 29.1 Å². The zero-order chi connectivity index (χ0) is 76.1. The van der Waals surface area contributed by atoms with Crippen LogP contribution in [-0.2, 0) is 0 Å². The number of ketones is 4. The maximum Gasteiger partial charge on any atom is 0.201 e. The van der Waals surface area contributed by atoms with E-state index in [1.54, 1.807) is 18.2 Å². The number of rotatable bonds is 51. The van der Waals surface area contributed by atoms with Crippen LogP contribution < -0.4 is 16.0 Å². The van der Waals surface area contributed by atoms with E-state index in [2.05, 4.69) is 36.7 Å². The average Bonchev–Trinajstić information content (AvgIpc) is 0.729. The number of aromatic hydroxyl groups is 4. The number of hydrogen-bond acceptors (Lipinski definition) is 17. The van der Waals surface area contributed by atoms with Crippen LogP contribution in [0.4, 0.5) is 39.0 Å². The van der Waals surface area contributed by atoms with Crippen molar-refractivity contribution in [1.82, 2.24) is 0 Å². The van der Waals surface area contributed by atoms with Gasteiger partial charge in [0.2, 0.25) is 23.1 Å². The first-order chi connectivity index (χ1) is 50.2. The molecule has 578 valence electrons. The summed E-state index contributed by atoms with van der Waals surface area (Å²) in [7, 11) is 0. The summed E-state index contributed by atoms with van der Waals surface area (Å²) in [5.74, 6) is -16.9. The van der Waals surface area contributed by atoms with E-state index >= 15 is 13.2 Å². The monoisotopic (exact) mass is 1460 g/mol. The lowest BCUT2D eigenvalue weighted by Gasteiger charge is -2.30. The number of aliphatic hydroxyl groups excluding tert-OH is 6. The van der Waals surface area contributed by atoms with Crippen molar-refractivity contribution in [2.45, 2.75) is 288 Å². The summed E-state index contributed by atoms with van der Waals surface area (Å²) in [6.45, 7) is 4.27. The number of phenolic OH excluding ortho intramolecular Hbond substituents is 4. The van der Waals surface area contributed by atoms with Gasteiger partial charge in [-0.15, -0.1) is 0 Å². The summed E-state index contributed by atoms with van der Waals surface area (Å²) >= 11 is 0. The lowest BCUT2D eigenvalue weighted by molar-refractivity contribution is 0.0969. The molecular formula is C82H116F5N3O14. The van der Waals surface area contributed by atoms with E-state index in [0.717, 1.165) is 94.9 Å². The predicted molar refractivity (Wildman–Crippen MR) is 398 cm³/mol. The molecule has 0 saturated carbocycles. The Hall–Kier alpha value is -7.21. The summed E-state index contributed by atoms with van der Waals surface area (Å²) in [6, 6.07) is -0.281. The Morgan fingerprint density at radius 1 is 0.298 bits per heavy atom. The zero-order valence-electron chi connectivity index (χ0n) is 61.3. The molecule has 17 nitrogen and oxygen atoms in total. The van der Waals surface area contributed by atoms with Crippen LogP contribution in [0.2, 0.25) is 0 Å². The van der Waals surface area contributed by atoms with E-state index < -0.39 is 193 Å². The van der Waals surface area contributed by atoms with Gasteiger partial charge in [0.25, 0.3) is 0 Å². The first kappa shape index (κ1) is 87.4. The minimum atomic E-state index is -2.06. The molecule has 6 unspecified atom stereocenters. The largest absolute Gasteiger partial charge is 0.507 e. The van der Waals surface area contributed by atoms with E-state index in [0.29, 0.717) is 19.3 Å². The number of benzene rings is 4. The number of aliphatic hydroxyl groups is 6. The molecule has 0 fully saturated rings. The first-order valence-corrected chi connectivity index (χ1v) is 38.4. The van der Waals surface area contributed by atoms with E-state index in [1.807, 2.05) is 0 Å². The number of anilines is 3. The van der Waals surface area contributed by atoms with Crippen molar-refractivity contribution >= 4 is 40.2 Å². The van der Waals surface area contributed by atoms with Crippen molar-refractivity contribution in [3.8, 4) is 23.0 Å². The highest BCUT2D eigenvalue weighted by Crippen LogP contribution is 2.46. The smallest absolute Gasteiger partial charge is 0.201 e. The van der Waals surface area contributed by atoms with Gasteiger partial charge in [-0.05, 0) is 62.8 Å². The highest BCUT2D eigenvalue weighted by Gasteiger charge is 2.44. The second kappa shape index (κ2) is 47.4. The van der Waals surface area contributed by atoms with Gasteiger partial charge in [-0.25, -0.2) is 22.0 Å². The molecule has 0 aromatic heterocycles. The molecule has 104 heavy (non-hydrogen) atoms. The molecule has 0 amide bonds. The number of unbranched alkanes of at least 4 members (excludes halogenated alkanes) is 33. The van der Waals surface area contributed by atoms with E-state index in [1.165, 1.54) is 159 Å². The van der Waals surface area contributed by atoms with Gasteiger partial charge >= 0.3 is 0 Å². The molecule has 0 spiro atoms. The van der Waals surface area contributed by atoms with Crippen molar-refractivity contribution in [3.05, 3.63) is 134 Å². The Kier molecular flexibility index (Phi) is 39.8. The molecule has 4 aromatic carbocycles. The molecule has 13 N–H and O–H groups in total. The molecule has 0 aliphatic heterocycles. The lowest BCUT2D eigenvalue weighted by Crippen LogP contribution is -2.39. The molecule has 4 aromatic rings. The molecule has 2 aliphatic rings. The number of carbonyl (C=O) groups is 4. The number of halogens is 5. The second-order valence-corrected chi connectivity index (χ2v) is 27.7. The van der Waals surface area contributed by atoms with Crippen LogP contribution in [0.3, 0.4) is 0 Å². The fraction of sp³-hybridized carbons (Fsp3) is 0.585. The SMILES string of the molecule is CCCCCCCCCCCCC/C=C\C(O)C(CO)Nc1c(F)c(F)c(F)c2c1C(=O)c1c(O)ccc(O)c1C2=O.CCCCCCCCCCCCC/C=C\C(O)C(CO)Nc1c(F)c(F)c(NC(CO)C(O)/C=C/CCCCCCCCCCCCC)c2c1C(=O)c1c(O)ccc(O)c1C2=O. The normalized spacial score (nSPS) is 14.5. The van der Waals surface area contributed by atoms with Crippen molar-refractivity contribution in [3.63, 3.8) is 0 Å². The highest BCUT2D eigenvalue weighted by molar-refractivity contribution is 6.34. The number of fused-ring (bicyclic) bond motifs is 4. The summed E-state index contributed by atoms with van der Waals surface area (Å²) in [5, 5.41) is 112. The first-order valence-electron chi connectivity index (χ1n) is 38.4. The lowest BCUT2D eigenvalue weighted by atomic mass is 9.80. The zero-order valence-corrected chi connectivity index (χ0v) is 61.3. The molecule has 0 heterocycles. The third-order valence-electron chi connectivity index (χ3n) is 19.6. The Balaban J connectivity index is 0.000000402. The standard InChI is InChI=1S/C50H76F2N2O8.C32H40F3NO6/c1-3-5-7-9-11-13-15-17-19-21-23-25-27-29-37(57)35(33-55)53-47-43-44(50(62)42-40(60)32-31-39(59)41(42)49(43)61)48(46(52)45(47)51)54-36(34-56)38(58)30-28-26-24-22-20-18-16-14-12-10-8-6-4-2;1-2-3-4-5-6-7-8-9-10-11-12-13-14-15-20(38)19(18-37)36-30-26-25(27(33)28(34)29(30)35)31(41)23-21(39)16-17-22(40)24(23)32(26)42/h27-32,35-38,53-60H,3-26,33-34H2,1-2H3;14-17,19-20,36-40H,2-13,18H2,1H3/b29-27-,30-28+;15-14-. The number of carbonyl (C=O) groups excluding carboxylic acids is 4. The van der Waals surface area contributed by atoms with Crippen LogP contribution in [0.5, 0.6) is 23.0 Å². The number of nitrogens with one attached hydrogen (secondary N) is 3. The van der Waals surface area contributed by atoms with Crippen molar-refractivity contribution in [2.75, 3.05) is 35.8 Å². The van der Waals surface area contributed by atoms with Gasteiger partial charge in [-0.2, -0.15) is 0 Å². The van der Waals surface area contributed by atoms with Gasteiger partial charge in [0.05, 0.1) is 118 Å². The highest BCUT2D eigenvalue weighted by atomic mass is 19.2. The quantitative estimate of drug-likeness (QED) is 0.00555. The van der Waals surface area contributed by atoms with E-state index in [-0.39, 0.29) is 0 Å². The molecule has 22 heteroatoms. The molecule has 0 saturated heterocycles. The summed E-state index contributed by atoms with van der Waals surface area (Å²) in [6.07, 6.45) is 46.2. The average molecular weight is 1460 g/mol. The number of phenols is 4. The number of allylic oxidation sites excluding steroid dienone is 3. The van der Waals surface area contributed by atoms with E-state index in [4.69, 9.17) is 0 Å². The maximum absolute atomic E-state index is 16.3. The third-order valence-corrected chi connectivity index (χ3v) is 19.6. The minimum absolute atomic E-state index is 0.639. The Bertz CT molecular complexity index is 3330. The minimum Gasteiger partial charge on any atom is -0.507 e. The van der Waals surface area contributed by atoms with Crippen molar-refractivity contribution in [2.24, 2.45) is 0 Å². The maximum atomic E-state index is 16.3. The van der Waals surface area contributed by atoms with Crippen LogP contribution in [0.15, 0.2) is 60.7 Å². The molecule has 0 radical (unpaired) electrons. The fourth-order valence-electron chi connectivity index (χ4n) is 13.4. The molecule has 6 atom stereocenters. The predicted octanol–water partition coefficient (Wildman–Crippen LogP) is 17.6.